The van der Waals surface area contributed by atoms with Crippen molar-refractivity contribution in [2.24, 2.45) is 0 Å². The number of benzene rings is 2. The van der Waals surface area contributed by atoms with Crippen LogP contribution in [0, 0.1) is 0 Å². The molecule has 0 amide bonds. The zero-order valence-electron chi connectivity index (χ0n) is 18.3. The summed E-state index contributed by atoms with van der Waals surface area (Å²) in [6.45, 7) is 3.04. The minimum atomic E-state index is -0.904. The summed E-state index contributed by atoms with van der Waals surface area (Å²) in [5, 5.41) is 8.94. The zero-order valence-corrected chi connectivity index (χ0v) is 18.3. The van der Waals surface area contributed by atoms with Crippen LogP contribution in [-0.2, 0) is 0 Å². The number of aromatic carboxylic acids is 1. The first-order chi connectivity index (χ1) is 14.7. The summed E-state index contributed by atoms with van der Waals surface area (Å²) < 4.78 is 5.85. The molecule has 0 aliphatic carbocycles. The number of hydrogen-bond acceptors (Lipinski definition) is 2. The minimum Gasteiger partial charge on any atom is -0.494 e. The number of unbranched alkanes of at least 4 members (excludes halogenated alkanes) is 9. The second-order valence-electron chi connectivity index (χ2n) is 7.86. The Kier molecular flexibility index (Phi) is 11.4. The van der Waals surface area contributed by atoms with Crippen LogP contribution >= 0.6 is 0 Å². The summed E-state index contributed by atoms with van der Waals surface area (Å²) in [7, 11) is 0. The van der Waals surface area contributed by atoms with Gasteiger partial charge in [0.15, 0.2) is 0 Å². The maximum absolute atomic E-state index is 10.9. The molecule has 0 heterocycles. The van der Waals surface area contributed by atoms with Gasteiger partial charge in [-0.2, -0.15) is 0 Å². The van der Waals surface area contributed by atoms with Crippen LogP contribution in [0.1, 0.15) is 92.6 Å². The highest BCUT2D eigenvalue weighted by atomic mass is 16.5. The van der Waals surface area contributed by atoms with E-state index in [1.165, 1.54) is 57.8 Å². The molecule has 2 aromatic rings. The minimum absolute atomic E-state index is 0.302. The number of carboxylic acids is 1. The monoisotopic (exact) mass is 408 g/mol. The first-order valence-corrected chi connectivity index (χ1v) is 11.4. The van der Waals surface area contributed by atoms with Crippen molar-refractivity contribution in [1.29, 1.82) is 0 Å². The number of hydrogen-bond donors (Lipinski definition) is 1. The highest BCUT2D eigenvalue weighted by molar-refractivity contribution is 5.88. The quantitative estimate of drug-likeness (QED) is 0.241. The highest BCUT2D eigenvalue weighted by Crippen LogP contribution is 2.16. The number of rotatable bonds is 15. The van der Waals surface area contributed by atoms with Crippen LogP contribution in [0.5, 0.6) is 5.75 Å². The van der Waals surface area contributed by atoms with Crippen molar-refractivity contribution in [2.45, 2.75) is 71.1 Å². The summed E-state index contributed by atoms with van der Waals surface area (Å²) in [6, 6.07) is 14.9. The van der Waals surface area contributed by atoms with Crippen LogP contribution in [0.25, 0.3) is 12.2 Å². The Morgan fingerprint density at radius 1 is 0.733 bits per heavy atom. The lowest BCUT2D eigenvalue weighted by Gasteiger charge is -2.06. The molecule has 2 rings (SSSR count). The third-order valence-electron chi connectivity index (χ3n) is 5.27. The Balaban J connectivity index is 1.59. The van der Waals surface area contributed by atoms with E-state index < -0.39 is 5.97 Å². The average Bonchev–Trinajstić information content (AvgIpc) is 2.77. The van der Waals surface area contributed by atoms with Crippen LogP contribution in [0.2, 0.25) is 0 Å². The van der Waals surface area contributed by atoms with Crippen molar-refractivity contribution in [3.63, 3.8) is 0 Å². The van der Waals surface area contributed by atoms with Gasteiger partial charge in [0, 0.05) is 0 Å². The normalized spacial score (nSPS) is 11.1. The van der Waals surface area contributed by atoms with Crippen molar-refractivity contribution in [1.82, 2.24) is 0 Å². The van der Waals surface area contributed by atoms with Gasteiger partial charge in [0.2, 0.25) is 0 Å². The van der Waals surface area contributed by atoms with Crippen molar-refractivity contribution < 1.29 is 14.6 Å². The van der Waals surface area contributed by atoms with E-state index in [1.54, 1.807) is 12.1 Å². The Labute approximate surface area is 181 Å². The molecule has 0 unspecified atom stereocenters. The third kappa shape index (κ3) is 9.78. The predicted molar refractivity (Wildman–Crippen MR) is 126 cm³/mol. The second kappa shape index (κ2) is 14.4. The maximum atomic E-state index is 10.9. The van der Waals surface area contributed by atoms with Gasteiger partial charge >= 0.3 is 5.97 Å². The van der Waals surface area contributed by atoms with Gasteiger partial charge in [0.1, 0.15) is 5.75 Å². The van der Waals surface area contributed by atoms with Crippen LogP contribution in [0.15, 0.2) is 48.5 Å². The fraction of sp³-hybridized carbons (Fsp3) is 0.444. The first-order valence-electron chi connectivity index (χ1n) is 11.4. The van der Waals surface area contributed by atoms with E-state index in [1.807, 2.05) is 48.6 Å². The van der Waals surface area contributed by atoms with Crippen LogP contribution in [-0.4, -0.2) is 17.7 Å². The predicted octanol–water partition coefficient (Wildman–Crippen LogP) is 7.85. The van der Waals surface area contributed by atoms with E-state index in [2.05, 4.69) is 6.92 Å². The molecule has 0 aliphatic rings. The molecule has 2 aromatic carbocycles. The van der Waals surface area contributed by atoms with Gasteiger partial charge in [0.25, 0.3) is 0 Å². The Bertz CT molecular complexity index is 745. The van der Waals surface area contributed by atoms with Gasteiger partial charge in [-0.15, -0.1) is 0 Å². The lowest BCUT2D eigenvalue weighted by Crippen LogP contribution is -1.97. The topological polar surface area (TPSA) is 46.5 Å². The molecule has 0 aliphatic heterocycles. The molecule has 0 aromatic heterocycles. The third-order valence-corrected chi connectivity index (χ3v) is 5.27. The summed E-state index contributed by atoms with van der Waals surface area (Å²) in [6.07, 6.45) is 17.3. The number of carbonyl (C=O) groups is 1. The molecular formula is C27H36O3. The van der Waals surface area contributed by atoms with Crippen molar-refractivity contribution in [3.05, 3.63) is 65.2 Å². The molecular weight excluding hydrogens is 372 g/mol. The van der Waals surface area contributed by atoms with Crippen LogP contribution < -0.4 is 4.74 Å². The molecule has 0 spiro atoms. The van der Waals surface area contributed by atoms with Crippen LogP contribution in [0.3, 0.4) is 0 Å². The summed E-state index contributed by atoms with van der Waals surface area (Å²) in [4.78, 5) is 10.9. The Morgan fingerprint density at radius 3 is 1.70 bits per heavy atom. The van der Waals surface area contributed by atoms with Crippen molar-refractivity contribution >= 4 is 18.1 Å². The SMILES string of the molecule is CCCCCCCCCCCCOc1ccc(/C=C/c2ccc(C(=O)O)cc2)cc1. The van der Waals surface area contributed by atoms with E-state index in [0.717, 1.165) is 29.9 Å². The molecule has 0 bridgehead atoms. The Morgan fingerprint density at radius 2 is 1.20 bits per heavy atom. The summed E-state index contributed by atoms with van der Waals surface area (Å²) in [5.41, 5.74) is 2.36. The van der Waals surface area contributed by atoms with Crippen molar-refractivity contribution in [3.8, 4) is 5.75 Å². The maximum Gasteiger partial charge on any atom is 0.335 e. The van der Waals surface area contributed by atoms with E-state index in [0.29, 0.717) is 5.56 Å². The van der Waals surface area contributed by atoms with Gasteiger partial charge in [-0.1, -0.05) is 101 Å². The molecule has 162 valence electrons. The molecule has 3 heteroatoms. The second-order valence-corrected chi connectivity index (χ2v) is 7.86. The summed E-state index contributed by atoms with van der Waals surface area (Å²) in [5.74, 6) is 0.00723. The lowest BCUT2D eigenvalue weighted by molar-refractivity contribution is 0.0697. The van der Waals surface area contributed by atoms with E-state index in [4.69, 9.17) is 9.84 Å². The average molecular weight is 409 g/mol. The molecule has 0 saturated heterocycles. The fourth-order valence-corrected chi connectivity index (χ4v) is 3.38. The van der Waals surface area contributed by atoms with Crippen LogP contribution in [0.4, 0.5) is 0 Å². The van der Waals surface area contributed by atoms with E-state index in [9.17, 15) is 4.79 Å². The van der Waals surface area contributed by atoms with Gasteiger partial charge in [0.05, 0.1) is 12.2 Å². The summed E-state index contributed by atoms with van der Waals surface area (Å²) >= 11 is 0. The van der Waals surface area contributed by atoms with Gasteiger partial charge in [-0.25, -0.2) is 4.79 Å². The first kappa shape index (κ1) is 23.7. The molecule has 3 nitrogen and oxygen atoms in total. The smallest absolute Gasteiger partial charge is 0.335 e. The number of ether oxygens (including phenoxy) is 1. The molecule has 0 radical (unpaired) electrons. The standard InChI is InChI=1S/C27H36O3/c1-2-3-4-5-6-7-8-9-10-11-22-30-26-20-16-24(17-21-26)13-12-23-14-18-25(19-15-23)27(28)29/h12-21H,2-11,22H2,1H3,(H,28,29)/b13-12+. The lowest BCUT2D eigenvalue weighted by atomic mass is 10.1. The molecule has 0 atom stereocenters. The number of carboxylic acid groups (broad SMARTS) is 1. The highest BCUT2D eigenvalue weighted by Gasteiger charge is 2.00. The molecule has 0 saturated carbocycles. The van der Waals surface area contributed by atoms with Gasteiger partial charge in [-0.05, 0) is 41.8 Å². The molecule has 30 heavy (non-hydrogen) atoms. The Hall–Kier alpha value is -2.55. The van der Waals surface area contributed by atoms with Gasteiger partial charge < -0.3 is 9.84 Å². The molecule has 0 fully saturated rings. The van der Waals surface area contributed by atoms with Crippen molar-refractivity contribution in [2.75, 3.05) is 6.61 Å². The fourth-order valence-electron chi connectivity index (χ4n) is 3.38. The largest absolute Gasteiger partial charge is 0.494 e. The van der Waals surface area contributed by atoms with E-state index in [-0.39, 0.29) is 0 Å². The van der Waals surface area contributed by atoms with Gasteiger partial charge in [-0.3, -0.25) is 0 Å². The molecule has 1 N–H and O–H groups in total. The van der Waals surface area contributed by atoms with E-state index >= 15 is 0 Å². The zero-order chi connectivity index (χ0) is 21.4.